The molecule has 32 heavy (non-hydrogen) atoms. The lowest BCUT2D eigenvalue weighted by molar-refractivity contribution is -0.148. The lowest BCUT2D eigenvalue weighted by Crippen LogP contribution is -2.26. The van der Waals surface area contributed by atoms with E-state index in [1.807, 2.05) is 44.2 Å². The molecule has 172 valence electrons. The highest BCUT2D eigenvalue weighted by Crippen LogP contribution is 2.29. The van der Waals surface area contributed by atoms with Crippen LogP contribution in [-0.2, 0) is 25.6 Å². The van der Waals surface area contributed by atoms with Gasteiger partial charge in [-0.3, -0.25) is 0 Å². The minimum absolute atomic E-state index is 0.130. The monoisotopic (exact) mass is 442 g/mol. The van der Waals surface area contributed by atoms with E-state index in [1.165, 1.54) is 0 Å². The number of benzene rings is 2. The van der Waals surface area contributed by atoms with Gasteiger partial charge >= 0.3 is 5.97 Å². The third kappa shape index (κ3) is 6.82. The van der Waals surface area contributed by atoms with E-state index < -0.39 is 11.8 Å². The van der Waals surface area contributed by atoms with Gasteiger partial charge in [0.25, 0.3) is 0 Å². The summed E-state index contributed by atoms with van der Waals surface area (Å²) in [7, 11) is 3.21. The summed E-state index contributed by atoms with van der Waals surface area (Å²) in [6.45, 7) is 4.68. The first-order valence-corrected chi connectivity index (χ1v) is 10.4. The highest BCUT2D eigenvalue weighted by Gasteiger charge is 2.39. The molecule has 7 nitrogen and oxygen atoms in total. The van der Waals surface area contributed by atoms with Crippen molar-refractivity contribution in [3.8, 4) is 11.5 Å². The maximum absolute atomic E-state index is 12.1. The third-order valence-electron chi connectivity index (χ3n) is 4.89. The van der Waals surface area contributed by atoms with E-state index >= 15 is 0 Å². The molecule has 1 saturated heterocycles. The van der Waals surface area contributed by atoms with Crippen LogP contribution in [-0.4, -0.2) is 51.4 Å². The Morgan fingerprint density at radius 1 is 0.969 bits per heavy atom. The summed E-state index contributed by atoms with van der Waals surface area (Å²) in [4.78, 5) is 12.1. The first-order valence-electron chi connectivity index (χ1n) is 10.4. The Labute approximate surface area is 188 Å². The molecule has 0 aromatic heterocycles. The van der Waals surface area contributed by atoms with Crippen molar-refractivity contribution in [3.63, 3.8) is 0 Å². The Kier molecular flexibility index (Phi) is 8.27. The number of carbonyl (C=O) groups excluding carboxylic acids is 1. The summed E-state index contributed by atoms with van der Waals surface area (Å²) in [6, 6.07) is 14.5. The zero-order valence-electron chi connectivity index (χ0n) is 18.9. The van der Waals surface area contributed by atoms with Gasteiger partial charge in [0.2, 0.25) is 0 Å². The van der Waals surface area contributed by atoms with Gasteiger partial charge in [-0.05, 0) is 61.9 Å². The van der Waals surface area contributed by atoms with Crippen molar-refractivity contribution in [1.29, 1.82) is 0 Å². The molecule has 0 amide bonds. The van der Waals surface area contributed by atoms with Crippen molar-refractivity contribution in [2.24, 2.45) is 0 Å². The lowest BCUT2D eigenvalue weighted by Gasteiger charge is -2.16. The predicted molar refractivity (Wildman–Crippen MR) is 119 cm³/mol. The second kappa shape index (κ2) is 11.1. The summed E-state index contributed by atoms with van der Waals surface area (Å²) >= 11 is 0. The zero-order valence-corrected chi connectivity index (χ0v) is 18.9. The van der Waals surface area contributed by atoms with Gasteiger partial charge in [0.15, 0.2) is 5.79 Å². The van der Waals surface area contributed by atoms with Crippen molar-refractivity contribution in [2.75, 3.05) is 27.4 Å². The molecule has 2 aromatic rings. The molecular weight excluding hydrogens is 412 g/mol. The fraction of sp³-hybridized carbons (Fsp3) is 0.400. The van der Waals surface area contributed by atoms with E-state index in [-0.39, 0.29) is 18.8 Å². The molecule has 1 heterocycles. The molecule has 2 atom stereocenters. The number of hydrogen-bond donors (Lipinski definition) is 0. The largest absolute Gasteiger partial charge is 0.497 e. The second-order valence-electron chi connectivity index (χ2n) is 7.76. The second-order valence-corrected chi connectivity index (χ2v) is 7.76. The highest BCUT2D eigenvalue weighted by molar-refractivity contribution is 5.89. The van der Waals surface area contributed by atoms with Crippen molar-refractivity contribution in [1.82, 2.24) is 0 Å². The third-order valence-corrected chi connectivity index (χ3v) is 4.89. The van der Waals surface area contributed by atoms with Gasteiger partial charge in [-0.25, -0.2) is 4.79 Å². The van der Waals surface area contributed by atoms with Crippen molar-refractivity contribution < 1.29 is 33.2 Å². The highest BCUT2D eigenvalue weighted by atomic mass is 16.8. The molecule has 1 fully saturated rings. The van der Waals surface area contributed by atoms with E-state index in [9.17, 15) is 4.79 Å². The number of methoxy groups -OCH3 is 2. The molecule has 0 saturated carbocycles. The van der Waals surface area contributed by atoms with E-state index in [0.717, 1.165) is 11.3 Å². The molecular formula is C25H30O7. The van der Waals surface area contributed by atoms with E-state index in [0.29, 0.717) is 24.5 Å². The molecule has 1 aliphatic heterocycles. The van der Waals surface area contributed by atoms with Crippen LogP contribution >= 0.6 is 0 Å². The van der Waals surface area contributed by atoms with Crippen LogP contribution in [0.5, 0.6) is 11.5 Å². The summed E-state index contributed by atoms with van der Waals surface area (Å²) in [5, 5.41) is 0. The van der Waals surface area contributed by atoms with Crippen molar-refractivity contribution in [3.05, 3.63) is 71.8 Å². The van der Waals surface area contributed by atoms with Crippen LogP contribution in [0, 0.1) is 0 Å². The first kappa shape index (κ1) is 23.8. The SMILES string of the molecule is COc1ccc(COC[C@H]2OC(C)(C)O[C@@H]2/C=C/COC(=O)c2ccc(OC)cc2)cc1. The van der Waals surface area contributed by atoms with E-state index in [4.69, 9.17) is 28.4 Å². The van der Waals surface area contributed by atoms with Gasteiger partial charge in [0, 0.05) is 0 Å². The Hall–Kier alpha value is -2.87. The quantitative estimate of drug-likeness (QED) is 0.404. The molecule has 1 aliphatic rings. The smallest absolute Gasteiger partial charge is 0.338 e. The molecule has 0 N–H and O–H groups in total. The number of hydrogen-bond acceptors (Lipinski definition) is 7. The molecule has 0 unspecified atom stereocenters. The van der Waals surface area contributed by atoms with Crippen LogP contribution < -0.4 is 9.47 Å². The average molecular weight is 443 g/mol. The average Bonchev–Trinajstić information content (AvgIpc) is 3.10. The van der Waals surface area contributed by atoms with Crippen LogP contribution in [0.15, 0.2) is 60.7 Å². The summed E-state index contributed by atoms with van der Waals surface area (Å²) < 4.78 is 33.3. The van der Waals surface area contributed by atoms with Crippen LogP contribution in [0.3, 0.4) is 0 Å². The maximum Gasteiger partial charge on any atom is 0.338 e. The van der Waals surface area contributed by atoms with Gasteiger partial charge in [-0.15, -0.1) is 0 Å². The van der Waals surface area contributed by atoms with E-state index in [1.54, 1.807) is 44.6 Å². The number of ether oxygens (including phenoxy) is 6. The zero-order chi connectivity index (χ0) is 23.0. The molecule has 2 aromatic carbocycles. The van der Waals surface area contributed by atoms with Crippen LogP contribution in [0.25, 0.3) is 0 Å². The first-order chi connectivity index (χ1) is 15.4. The summed E-state index contributed by atoms with van der Waals surface area (Å²) in [6.07, 6.45) is 3.03. The lowest BCUT2D eigenvalue weighted by atomic mass is 10.2. The molecule has 0 spiro atoms. The normalized spacial score (nSPS) is 19.8. The number of carbonyl (C=O) groups is 1. The summed E-state index contributed by atoms with van der Waals surface area (Å²) in [5.41, 5.74) is 1.51. The standard InChI is InChI=1S/C25H30O7/c1-25(2)31-22(6-5-15-30-24(26)19-9-13-21(28-4)14-10-19)23(32-25)17-29-16-18-7-11-20(27-3)12-8-18/h5-14,22-23H,15-17H2,1-4H3/b6-5+/t22-,23-/m1/s1. The van der Waals surface area contributed by atoms with Gasteiger partial charge in [-0.1, -0.05) is 18.2 Å². The Morgan fingerprint density at radius 3 is 2.22 bits per heavy atom. The van der Waals surface area contributed by atoms with Gasteiger partial charge in [0.1, 0.15) is 30.3 Å². The maximum atomic E-state index is 12.1. The summed E-state index contributed by atoms with van der Waals surface area (Å²) in [5.74, 6) is 0.368. The molecule has 0 bridgehead atoms. The fourth-order valence-corrected chi connectivity index (χ4v) is 3.29. The van der Waals surface area contributed by atoms with Gasteiger partial charge in [0.05, 0.1) is 33.0 Å². The molecule has 0 radical (unpaired) electrons. The Morgan fingerprint density at radius 2 is 1.59 bits per heavy atom. The molecule has 7 heteroatoms. The van der Waals surface area contributed by atoms with Gasteiger partial charge in [-0.2, -0.15) is 0 Å². The Balaban J connectivity index is 1.47. The minimum atomic E-state index is -0.719. The van der Waals surface area contributed by atoms with Gasteiger partial charge < -0.3 is 28.4 Å². The topological polar surface area (TPSA) is 72.5 Å². The van der Waals surface area contributed by atoms with E-state index in [2.05, 4.69) is 0 Å². The van der Waals surface area contributed by atoms with Crippen molar-refractivity contribution in [2.45, 2.75) is 38.4 Å². The molecule has 3 rings (SSSR count). The number of rotatable bonds is 10. The van der Waals surface area contributed by atoms with Crippen LogP contribution in [0.4, 0.5) is 0 Å². The van der Waals surface area contributed by atoms with Crippen LogP contribution in [0.1, 0.15) is 29.8 Å². The minimum Gasteiger partial charge on any atom is -0.497 e. The predicted octanol–water partition coefficient (Wildman–Crippen LogP) is 4.15. The molecule has 0 aliphatic carbocycles. The van der Waals surface area contributed by atoms with Crippen LogP contribution in [0.2, 0.25) is 0 Å². The Bertz CT molecular complexity index is 888. The fourth-order valence-electron chi connectivity index (χ4n) is 3.29. The van der Waals surface area contributed by atoms with Crippen molar-refractivity contribution >= 4 is 5.97 Å². The number of esters is 1.